The van der Waals surface area contributed by atoms with Crippen LogP contribution in [0.1, 0.15) is 19.0 Å². The number of hydrogen-bond acceptors (Lipinski definition) is 5. The molecular weight excluding hydrogens is 300 g/mol. The lowest BCUT2D eigenvalue weighted by atomic mass is 10.0. The largest absolute Gasteiger partial charge is 0.469 e. The Kier molecular flexibility index (Phi) is 4.14. The van der Waals surface area contributed by atoms with E-state index in [2.05, 4.69) is 9.97 Å². The van der Waals surface area contributed by atoms with E-state index in [1.165, 1.54) is 4.90 Å². The van der Waals surface area contributed by atoms with E-state index in [1.54, 1.807) is 24.2 Å². The highest BCUT2D eigenvalue weighted by atomic mass is 16.5. The summed E-state index contributed by atoms with van der Waals surface area (Å²) in [5, 5.41) is 8.85. The number of hydrogen-bond donors (Lipinski definition) is 1. The molecule has 0 saturated carbocycles. The minimum atomic E-state index is -0.941. The molecule has 122 valence electrons. The number of nitrogens with zero attached hydrogens (tertiary/aromatic N) is 4. The van der Waals surface area contributed by atoms with E-state index in [9.17, 15) is 9.59 Å². The summed E-state index contributed by atoms with van der Waals surface area (Å²) in [4.78, 5) is 33.8. The zero-order chi connectivity index (χ0) is 16.4. The maximum Gasteiger partial charge on any atom is 0.407 e. The molecule has 1 aromatic heterocycles. The van der Waals surface area contributed by atoms with Gasteiger partial charge in [-0.05, 0) is 12.0 Å². The first-order valence-corrected chi connectivity index (χ1v) is 7.45. The van der Waals surface area contributed by atoms with Crippen molar-refractivity contribution in [1.29, 1.82) is 0 Å². The quantitative estimate of drug-likeness (QED) is 0.888. The first kappa shape index (κ1) is 15.3. The van der Waals surface area contributed by atoms with E-state index in [0.29, 0.717) is 44.2 Å². The monoisotopic (exact) mass is 318 g/mol. The average molecular weight is 318 g/mol. The SMILES string of the molecule is CC(=O)N1CC=C(c2nccnc2OC2CN(C(=O)O)C2)CC1. The highest BCUT2D eigenvalue weighted by Gasteiger charge is 2.33. The van der Waals surface area contributed by atoms with Crippen LogP contribution in [0.4, 0.5) is 4.79 Å². The van der Waals surface area contributed by atoms with Gasteiger partial charge < -0.3 is 19.6 Å². The number of carbonyl (C=O) groups is 2. The van der Waals surface area contributed by atoms with Crippen molar-refractivity contribution in [3.63, 3.8) is 0 Å². The normalized spacial score (nSPS) is 18.2. The molecule has 1 aromatic rings. The van der Waals surface area contributed by atoms with Crippen LogP contribution in [-0.2, 0) is 4.79 Å². The van der Waals surface area contributed by atoms with Crippen LogP contribution in [0.5, 0.6) is 5.88 Å². The van der Waals surface area contributed by atoms with Crippen LogP contribution in [0.15, 0.2) is 18.5 Å². The highest BCUT2D eigenvalue weighted by Crippen LogP contribution is 2.28. The number of aromatic nitrogens is 2. The molecule has 8 nitrogen and oxygen atoms in total. The maximum atomic E-state index is 11.4. The lowest BCUT2D eigenvalue weighted by Gasteiger charge is -2.36. The van der Waals surface area contributed by atoms with Crippen LogP contribution >= 0.6 is 0 Å². The smallest absolute Gasteiger partial charge is 0.407 e. The lowest BCUT2D eigenvalue weighted by molar-refractivity contribution is -0.128. The van der Waals surface area contributed by atoms with Crippen molar-refractivity contribution in [3.05, 3.63) is 24.2 Å². The van der Waals surface area contributed by atoms with Gasteiger partial charge in [0.15, 0.2) is 0 Å². The minimum Gasteiger partial charge on any atom is -0.469 e. The molecule has 23 heavy (non-hydrogen) atoms. The van der Waals surface area contributed by atoms with Crippen LogP contribution in [-0.4, -0.2) is 69.2 Å². The maximum absolute atomic E-state index is 11.4. The Balaban J connectivity index is 1.70. The molecule has 2 aliphatic heterocycles. The summed E-state index contributed by atoms with van der Waals surface area (Å²) in [6.07, 6.45) is 4.68. The second-order valence-electron chi connectivity index (χ2n) is 5.58. The molecule has 0 radical (unpaired) electrons. The van der Waals surface area contributed by atoms with Gasteiger partial charge in [0, 0.05) is 32.4 Å². The Bertz CT molecular complexity index is 655. The van der Waals surface area contributed by atoms with Gasteiger partial charge in [0.05, 0.1) is 13.1 Å². The molecule has 0 aliphatic carbocycles. The summed E-state index contributed by atoms with van der Waals surface area (Å²) >= 11 is 0. The van der Waals surface area contributed by atoms with Crippen molar-refractivity contribution in [2.45, 2.75) is 19.4 Å². The van der Waals surface area contributed by atoms with Crippen LogP contribution in [0.3, 0.4) is 0 Å². The van der Waals surface area contributed by atoms with E-state index < -0.39 is 6.09 Å². The Morgan fingerprint density at radius 3 is 2.61 bits per heavy atom. The molecule has 0 spiro atoms. The molecule has 8 heteroatoms. The Labute approximate surface area is 133 Å². The van der Waals surface area contributed by atoms with Gasteiger partial charge in [0.2, 0.25) is 11.8 Å². The summed E-state index contributed by atoms with van der Waals surface area (Å²) in [5.41, 5.74) is 1.67. The standard InChI is InChI=1S/C15H18N4O4/c1-10(20)18-6-2-11(3-7-18)13-14(17-5-4-16-13)23-12-8-19(9-12)15(21)22/h2,4-5,12H,3,6-9H2,1H3,(H,21,22). The first-order valence-electron chi connectivity index (χ1n) is 7.45. The predicted octanol–water partition coefficient (Wildman–Crippen LogP) is 0.853. The number of ether oxygens (including phenoxy) is 1. The third-order valence-corrected chi connectivity index (χ3v) is 4.02. The molecular formula is C15H18N4O4. The van der Waals surface area contributed by atoms with Crippen LogP contribution < -0.4 is 4.74 Å². The van der Waals surface area contributed by atoms with Crippen molar-refractivity contribution in [3.8, 4) is 5.88 Å². The van der Waals surface area contributed by atoms with Crippen molar-refractivity contribution in [2.24, 2.45) is 0 Å². The molecule has 1 saturated heterocycles. The Morgan fingerprint density at radius 2 is 2.00 bits per heavy atom. The van der Waals surface area contributed by atoms with Gasteiger partial charge in [-0.15, -0.1) is 0 Å². The van der Waals surface area contributed by atoms with Gasteiger partial charge in [-0.2, -0.15) is 0 Å². The summed E-state index contributed by atoms with van der Waals surface area (Å²) < 4.78 is 5.79. The minimum absolute atomic E-state index is 0.0548. The van der Waals surface area contributed by atoms with Crippen molar-refractivity contribution >= 4 is 17.6 Å². The fourth-order valence-corrected chi connectivity index (χ4v) is 2.63. The summed E-state index contributed by atoms with van der Waals surface area (Å²) in [6.45, 7) is 3.43. The molecule has 0 unspecified atom stereocenters. The zero-order valence-electron chi connectivity index (χ0n) is 12.8. The molecule has 3 rings (SSSR count). The molecule has 1 N–H and O–H groups in total. The van der Waals surface area contributed by atoms with Crippen molar-refractivity contribution in [2.75, 3.05) is 26.2 Å². The number of likely N-dealkylation sites (tertiary alicyclic amines) is 1. The van der Waals surface area contributed by atoms with E-state index in [-0.39, 0.29) is 12.0 Å². The molecule has 0 atom stereocenters. The van der Waals surface area contributed by atoms with E-state index in [1.807, 2.05) is 6.08 Å². The Hall–Kier alpha value is -2.64. The third kappa shape index (κ3) is 3.25. The molecule has 0 bridgehead atoms. The summed E-state index contributed by atoms with van der Waals surface area (Å²) in [5.74, 6) is 0.476. The fraction of sp³-hybridized carbons (Fsp3) is 0.467. The molecule has 0 aromatic carbocycles. The van der Waals surface area contributed by atoms with Gasteiger partial charge in [0.25, 0.3) is 0 Å². The van der Waals surface area contributed by atoms with Gasteiger partial charge >= 0.3 is 6.09 Å². The predicted molar refractivity (Wildman–Crippen MR) is 80.9 cm³/mol. The molecule has 2 aliphatic rings. The van der Waals surface area contributed by atoms with Crippen molar-refractivity contribution < 1.29 is 19.4 Å². The van der Waals surface area contributed by atoms with E-state index in [4.69, 9.17) is 9.84 Å². The lowest BCUT2D eigenvalue weighted by Crippen LogP contribution is -2.55. The van der Waals surface area contributed by atoms with Gasteiger partial charge in [0.1, 0.15) is 11.8 Å². The number of amides is 2. The highest BCUT2D eigenvalue weighted by molar-refractivity contribution is 5.76. The van der Waals surface area contributed by atoms with Gasteiger partial charge in [-0.25, -0.2) is 14.8 Å². The van der Waals surface area contributed by atoms with E-state index in [0.717, 1.165) is 5.57 Å². The van der Waals surface area contributed by atoms with Crippen LogP contribution in [0, 0.1) is 0 Å². The summed E-state index contributed by atoms with van der Waals surface area (Å²) in [6, 6.07) is 0. The Morgan fingerprint density at radius 1 is 1.26 bits per heavy atom. The number of carbonyl (C=O) groups excluding carboxylic acids is 1. The van der Waals surface area contributed by atoms with E-state index >= 15 is 0 Å². The molecule has 2 amide bonds. The second kappa shape index (κ2) is 6.23. The van der Waals surface area contributed by atoms with Crippen LogP contribution in [0.2, 0.25) is 0 Å². The van der Waals surface area contributed by atoms with Gasteiger partial charge in [-0.1, -0.05) is 6.08 Å². The van der Waals surface area contributed by atoms with Gasteiger partial charge in [-0.3, -0.25) is 4.79 Å². The fourth-order valence-electron chi connectivity index (χ4n) is 2.63. The molecule has 3 heterocycles. The summed E-state index contributed by atoms with van der Waals surface area (Å²) in [7, 11) is 0. The molecule has 1 fully saturated rings. The van der Waals surface area contributed by atoms with Crippen molar-refractivity contribution in [1.82, 2.24) is 19.8 Å². The second-order valence-corrected chi connectivity index (χ2v) is 5.58. The van der Waals surface area contributed by atoms with Crippen LogP contribution in [0.25, 0.3) is 5.57 Å². The zero-order valence-corrected chi connectivity index (χ0v) is 12.8. The topological polar surface area (TPSA) is 95.9 Å². The average Bonchev–Trinajstić information content (AvgIpc) is 2.50. The number of carboxylic acid groups (broad SMARTS) is 1. The third-order valence-electron chi connectivity index (χ3n) is 4.02. The number of rotatable bonds is 3. The first-order chi connectivity index (χ1) is 11.0.